The molecule has 2 aromatic carbocycles. The molecule has 0 N–H and O–H groups in total. The molecule has 7 heteroatoms. The highest BCUT2D eigenvalue weighted by Gasteiger charge is 2.27. The van der Waals surface area contributed by atoms with Crippen molar-refractivity contribution in [2.24, 2.45) is 0 Å². The molecule has 1 saturated heterocycles. The minimum absolute atomic E-state index is 0.109. The minimum atomic E-state index is -0.270. The Balaban J connectivity index is 1.34. The lowest BCUT2D eigenvalue weighted by Gasteiger charge is -2.37. The molecule has 3 aromatic rings. The van der Waals surface area contributed by atoms with Crippen LogP contribution in [-0.4, -0.2) is 57.2 Å². The van der Waals surface area contributed by atoms with Crippen LogP contribution in [0.15, 0.2) is 66.1 Å². The van der Waals surface area contributed by atoms with E-state index in [-0.39, 0.29) is 11.9 Å². The van der Waals surface area contributed by atoms with Gasteiger partial charge < -0.3 is 4.90 Å². The smallest absolute Gasteiger partial charge is 0.233 e. The molecular formula is C25H27N5OS. The Hall–Kier alpha value is -3.08. The molecular weight excluding hydrogens is 418 g/mol. The third kappa shape index (κ3) is 5.04. The number of hydrogen-bond acceptors (Lipinski definition) is 5. The number of hydrogen-bond donors (Lipinski definition) is 0. The summed E-state index contributed by atoms with van der Waals surface area (Å²) in [6.07, 6.45) is 3.71. The Bertz CT molecular complexity index is 1090. The number of carbonyl (C=O) groups excluding carboxylic acids is 1. The molecule has 1 atom stereocenters. The van der Waals surface area contributed by atoms with E-state index in [4.69, 9.17) is 0 Å². The van der Waals surface area contributed by atoms with Crippen LogP contribution < -0.4 is 0 Å². The van der Waals surface area contributed by atoms with E-state index in [2.05, 4.69) is 48.0 Å². The van der Waals surface area contributed by atoms with Crippen LogP contribution in [0.25, 0.3) is 5.69 Å². The molecule has 164 valence electrons. The highest BCUT2D eigenvalue weighted by atomic mass is 32.2. The molecule has 0 aliphatic carbocycles. The van der Waals surface area contributed by atoms with Crippen molar-refractivity contribution in [1.82, 2.24) is 19.4 Å². The predicted octanol–water partition coefficient (Wildman–Crippen LogP) is 3.99. The van der Waals surface area contributed by atoms with Crippen molar-refractivity contribution in [2.45, 2.75) is 25.0 Å². The topological polar surface area (TPSA) is 65.2 Å². The number of nitrogens with zero attached hydrogens (tertiary/aromatic N) is 5. The van der Waals surface area contributed by atoms with Gasteiger partial charge in [0.05, 0.1) is 11.8 Å². The van der Waals surface area contributed by atoms with Gasteiger partial charge in [0, 0.05) is 44.3 Å². The molecule has 1 aliphatic rings. The largest absolute Gasteiger partial charge is 0.339 e. The van der Waals surface area contributed by atoms with E-state index in [1.807, 2.05) is 46.0 Å². The van der Waals surface area contributed by atoms with Crippen molar-refractivity contribution in [2.75, 3.05) is 31.9 Å². The number of aryl methyl sites for hydroxylation is 2. The number of amides is 1. The van der Waals surface area contributed by atoms with E-state index < -0.39 is 0 Å². The van der Waals surface area contributed by atoms with Crippen molar-refractivity contribution in [3.05, 3.63) is 77.6 Å². The maximum absolute atomic E-state index is 12.8. The number of thioether (sulfide) groups is 1. The zero-order valence-electron chi connectivity index (χ0n) is 18.4. The van der Waals surface area contributed by atoms with Crippen LogP contribution in [0.3, 0.4) is 0 Å². The van der Waals surface area contributed by atoms with Crippen LogP contribution in [-0.2, 0) is 4.79 Å². The molecule has 1 fully saturated rings. The highest BCUT2D eigenvalue weighted by molar-refractivity contribution is 7.99. The summed E-state index contributed by atoms with van der Waals surface area (Å²) < 4.78 is 2.03. The van der Waals surface area contributed by atoms with Gasteiger partial charge in [-0.2, -0.15) is 5.26 Å². The first kappa shape index (κ1) is 22.1. The fraction of sp³-hybridized carbons (Fsp3) is 0.320. The summed E-state index contributed by atoms with van der Waals surface area (Å²) in [5.41, 5.74) is 4.46. The third-order valence-corrected chi connectivity index (χ3v) is 6.64. The molecule has 0 bridgehead atoms. The monoisotopic (exact) mass is 445 g/mol. The zero-order chi connectivity index (χ0) is 22.5. The summed E-state index contributed by atoms with van der Waals surface area (Å²) in [5, 5.41) is 10.5. The normalized spacial score (nSPS) is 15.3. The number of aromatic nitrogens is 2. The highest BCUT2D eigenvalue weighted by Crippen LogP contribution is 2.24. The second-order valence-corrected chi connectivity index (χ2v) is 9.02. The van der Waals surface area contributed by atoms with Crippen LogP contribution in [0, 0.1) is 25.2 Å². The molecule has 2 heterocycles. The van der Waals surface area contributed by atoms with Gasteiger partial charge in [0.2, 0.25) is 5.91 Å². The summed E-state index contributed by atoms with van der Waals surface area (Å²) in [4.78, 5) is 21.4. The van der Waals surface area contributed by atoms with Gasteiger partial charge in [0.25, 0.3) is 0 Å². The van der Waals surface area contributed by atoms with Crippen LogP contribution in [0.1, 0.15) is 22.7 Å². The number of benzene rings is 2. The van der Waals surface area contributed by atoms with Gasteiger partial charge >= 0.3 is 0 Å². The van der Waals surface area contributed by atoms with E-state index in [0.717, 1.165) is 16.4 Å². The average Bonchev–Trinajstić information content (AvgIpc) is 3.27. The predicted molar refractivity (Wildman–Crippen MR) is 127 cm³/mol. The van der Waals surface area contributed by atoms with E-state index in [1.165, 1.54) is 22.9 Å². The lowest BCUT2D eigenvalue weighted by atomic mass is 10.1. The number of imidazole rings is 1. The lowest BCUT2D eigenvalue weighted by molar-refractivity contribution is -0.130. The summed E-state index contributed by atoms with van der Waals surface area (Å²) in [6.45, 7) is 6.82. The van der Waals surface area contributed by atoms with Crippen molar-refractivity contribution in [1.29, 1.82) is 5.26 Å². The molecule has 6 nitrogen and oxygen atoms in total. The second kappa shape index (κ2) is 10.0. The molecule has 1 unspecified atom stereocenters. The average molecular weight is 446 g/mol. The zero-order valence-corrected chi connectivity index (χ0v) is 19.3. The number of piperazine rings is 1. The molecule has 1 amide bonds. The summed E-state index contributed by atoms with van der Waals surface area (Å²) in [5.74, 6) is 0.458. The van der Waals surface area contributed by atoms with Gasteiger partial charge in [-0.3, -0.25) is 14.3 Å². The van der Waals surface area contributed by atoms with Gasteiger partial charge in [-0.15, -0.1) is 0 Å². The van der Waals surface area contributed by atoms with Gasteiger partial charge in [-0.25, -0.2) is 4.98 Å². The first-order valence-corrected chi connectivity index (χ1v) is 11.7. The maximum Gasteiger partial charge on any atom is 0.233 e. The first-order valence-electron chi connectivity index (χ1n) is 10.8. The van der Waals surface area contributed by atoms with Crippen LogP contribution in [0.4, 0.5) is 0 Å². The minimum Gasteiger partial charge on any atom is -0.339 e. The SMILES string of the molecule is Cc1cc(C)cc(-n2ccnc2SCC(=O)N2CCN(C(C#N)c3ccccc3)CC2)c1. The van der Waals surface area contributed by atoms with Crippen LogP contribution >= 0.6 is 11.8 Å². The fourth-order valence-corrected chi connectivity index (χ4v) is 5.01. The quantitative estimate of drug-likeness (QED) is 0.537. The van der Waals surface area contributed by atoms with E-state index >= 15 is 0 Å². The van der Waals surface area contributed by atoms with Gasteiger partial charge in [0.15, 0.2) is 5.16 Å². The second-order valence-electron chi connectivity index (χ2n) is 8.07. The van der Waals surface area contributed by atoms with Crippen LogP contribution in [0.2, 0.25) is 0 Å². The first-order chi connectivity index (χ1) is 15.5. The lowest BCUT2D eigenvalue weighted by Crippen LogP contribution is -2.50. The summed E-state index contributed by atoms with van der Waals surface area (Å²) in [6, 6.07) is 18.4. The van der Waals surface area contributed by atoms with Crippen molar-refractivity contribution in [3.8, 4) is 11.8 Å². The maximum atomic E-state index is 12.8. The number of rotatable bonds is 6. The fourth-order valence-electron chi connectivity index (χ4n) is 4.13. The summed E-state index contributed by atoms with van der Waals surface area (Å²) >= 11 is 1.47. The molecule has 0 radical (unpaired) electrons. The van der Waals surface area contributed by atoms with E-state index in [0.29, 0.717) is 31.9 Å². The molecule has 1 aromatic heterocycles. The Morgan fingerprint density at radius 2 is 1.78 bits per heavy atom. The summed E-state index contributed by atoms with van der Waals surface area (Å²) in [7, 11) is 0. The molecule has 4 rings (SSSR count). The Morgan fingerprint density at radius 1 is 1.09 bits per heavy atom. The van der Waals surface area contributed by atoms with Gasteiger partial charge in [0.1, 0.15) is 6.04 Å². The Morgan fingerprint density at radius 3 is 2.44 bits per heavy atom. The molecule has 0 saturated carbocycles. The Labute approximate surface area is 193 Å². The Kier molecular flexibility index (Phi) is 6.93. The van der Waals surface area contributed by atoms with E-state index in [1.54, 1.807) is 6.20 Å². The van der Waals surface area contributed by atoms with Crippen molar-refractivity contribution in [3.63, 3.8) is 0 Å². The van der Waals surface area contributed by atoms with Crippen molar-refractivity contribution < 1.29 is 4.79 Å². The molecule has 1 aliphatic heterocycles. The number of nitriles is 1. The molecule has 32 heavy (non-hydrogen) atoms. The molecule has 0 spiro atoms. The van der Waals surface area contributed by atoms with Gasteiger partial charge in [-0.05, 0) is 42.7 Å². The van der Waals surface area contributed by atoms with Gasteiger partial charge in [-0.1, -0.05) is 48.2 Å². The standard InChI is InChI=1S/C25H27N5OS/c1-19-14-20(2)16-22(15-19)30-9-8-27-25(30)32-18-24(31)29-12-10-28(11-13-29)23(17-26)21-6-4-3-5-7-21/h3-9,14-16,23H,10-13,18H2,1-2H3. The number of carbonyl (C=O) groups is 1. The van der Waals surface area contributed by atoms with E-state index in [9.17, 15) is 10.1 Å². The third-order valence-electron chi connectivity index (χ3n) is 5.69. The van der Waals surface area contributed by atoms with Crippen LogP contribution in [0.5, 0.6) is 0 Å². The van der Waals surface area contributed by atoms with Crippen molar-refractivity contribution >= 4 is 17.7 Å².